The van der Waals surface area contributed by atoms with E-state index >= 15 is 0 Å². The molecule has 0 aromatic carbocycles. The SMILES string of the molecule is CCCCCN(C)[C@@H](CCCCN)C(=O)O. The third-order valence-electron chi connectivity index (χ3n) is 2.86. The molecule has 0 unspecified atom stereocenters. The topological polar surface area (TPSA) is 66.6 Å². The second kappa shape index (κ2) is 9.60. The van der Waals surface area contributed by atoms with Crippen LogP contribution < -0.4 is 5.73 Å². The van der Waals surface area contributed by atoms with Gasteiger partial charge in [0.15, 0.2) is 0 Å². The summed E-state index contributed by atoms with van der Waals surface area (Å²) in [5, 5.41) is 9.13. The molecule has 4 heteroatoms. The van der Waals surface area contributed by atoms with Gasteiger partial charge in [-0.1, -0.05) is 26.2 Å². The minimum Gasteiger partial charge on any atom is -0.480 e. The number of likely N-dealkylation sites (N-methyl/N-ethyl adjacent to an activating group) is 1. The van der Waals surface area contributed by atoms with Crippen LogP contribution >= 0.6 is 0 Å². The number of nitrogens with zero attached hydrogens (tertiary/aromatic N) is 1. The van der Waals surface area contributed by atoms with Gasteiger partial charge in [0.25, 0.3) is 0 Å². The number of hydrogen-bond acceptors (Lipinski definition) is 3. The number of unbranched alkanes of at least 4 members (excludes halogenated alkanes) is 3. The van der Waals surface area contributed by atoms with Gasteiger partial charge in [0.2, 0.25) is 0 Å². The maximum atomic E-state index is 11.1. The van der Waals surface area contributed by atoms with Crippen molar-refractivity contribution in [2.75, 3.05) is 20.1 Å². The Balaban J connectivity index is 3.93. The Morgan fingerprint density at radius 2 is 2.00 bits per heavy atom. The summed E-state index contributed by atoms with van der Waals surface area (Å²) in [6.07, 6.45) is 5.92. The number of rotatable bonds is 10. The van der Waals surface area contributed by atoms with E-state index in [9.17, 15) is 4.79 Å². The normalized spacial score (nSPS) is 13.0. The third kappa shape index (κ3) is 6.80. The zero-order valence-corrected chi connectivity index (χ0v) is 10.6. The van der Waals surface area contributed by atoms with Crippen LogP contribution in [-0.4, -0.2) is 42.2 Å². The van der Waals surface area contributed by atoms with Crippen LogP contribution in [0.3, 0.4) is 0 Å². The summed E-state index contributed by atoms with van der Waals surface area (Å²) in [6.45, 7) is 3.66. The van der Waals surface area contributed by atoms with Gasteiger partial charge in [0.05, 0.1) is 0 Å². The molecule has 1 atom stereocenters. The lowest BCUT2D eigenvalue weighted by molar-refractivity contribution is -0.143. The predicted octanol–water partition coefficient (Wildman–Crippen LogP) is 1.69. The van der Waals surface area contributed by atoms with Gasteiger partial charge < -0.3 is 10.8 Å². The Morgan fingerprint density at radius 3 is 2.50 bits per heavy atom. The van der Waals surface area contributed by atoms with Crippen molar-refractivity contribution < 1.29 is 9.90 Å². The molecule has 0 rings (SSSR count). The molecule has 0 aliphatic heterocycles. The molecule has 4 nitrogen and oxygen atoms in total. The quantitative estimate of drug-likeness (QED) is 0.560. The highest BCUT2D eigenvalue weighted by atomic mass is 16.4. The fraction of sp³-hybridized carbons (Fsp3) is 0.917. The molecular weight excluding hydrogens is 204 g/mol. The van der Waals surface area contributed by atoms with Crippen LogP contribution in [0.4, 0.5) is 0 Å². The first-order chi connectivity index (χ1) is 7.63. The molecular formula is C12H26N2O2. The van der Waals surface area contributed by atoms with E-state index in [4.69, 9.17) is 10.8 Å². The maximum Gasteiger partial charge on any atom is 0.320 e. The van der Waals surface area contributed by atoms with Crippen LogP contribution in [-0.2, 0) is 4.79 Å². The largest absolute Gasteiger partial charge is 0.480 e. The van der Waals surface area contributed by atoms with Gasteiger partial charge in [0, 0.05) is 0 Å². The number of carboxylic acid groups (broad SMARTS) is 1. The van der Waals surface area contributed by atoms with Gasteiger partial charge in [0.1, 0.15) is 6.04 Å². The van der Waals surface area contributed by atoms with Crippen LogP contribution in [0.25, 0.3) is 0 Å². The minimum absolute atomic E-state index is 0.344. The molecule has 0 saturated carbocycles. The first-order valence-electron chi connectivity index (χ1n) is 6.26. The van der Waals surface area contributed by atoms with Crippen molar-refractivity contribution in [3.8, 4) is 0 Å². The van der Waals surface area contributed by atoms with Gasteiger partial charge in [-0.2, -0.15) is 0 Å². The Morgan fingerprint density at radius 1 is 1.31 bits per heavy atom. The molecule has 0 fully saturated rings. The molecule has 0 heterocycles. The molecule has 0 spiro atoms. The van der Waals surface area contributed by atoms with Gasteiger partial charge in [-0.25, -0.2) is 0 Å². The smallest absolute Gasteiger partial charge is 0.320 e. The number of carboxylic acids is 1. The summed E-state index contributed by atoms with van der Waals surface area (Å²) < 4.78 is 0. The molecule has 0 aliphatic rings. The first kappa shape index (κ1) is 15.4. The lowest BCUT2D eigenvalue weighted by Gasteiger charge is -2.24. The van der Waals surface area contributed by atoms with Gasteiger partial charge in [-0.15, -0.1) is 0 Å². The van der Waals surface area contributed by atoms with Crippen molar-refractivity contribution in [1.82, 2.24) is 4.90 Å². The average Bonchev–Trinajstić information content (AvgIpc) is 2.24. The number of carbonyl (C=O) groups is 1. The molecule has 96 valence electrons. The summed E-state index contributed by atoms with van der Waals surface area (Å²) in [5.41, 5.74) is 5.40. The zero-order valence-electron chi connectivity index (χ0n) is 10.6. The van der Waals surface area contributed by atoms with Crippen LogP contribution in [0.2, 0.25) is 0 Å². The Bertz CT molecular complexity index is 186. The van der Waals surface area contributed by atoms with Gasteiger partial charge in [-0.05, 0) is 39.4 Å². The molecule has 16 heavy (non-hydrogen) atoms. The second-order valence-corrected chi connectivity index (χ2v) is 4.33. The molecule has 0 amide bonds. The maximum absolute atomic E-state index is 11.1. The van der Waals surface area contributed by atoms with Crippen LogP contribution in [0.15, 0.2) is 0 Å². The van der Waals surface area contributed by atoms with E-state index in [1.54, 1.807) is 0 Å². The average molecular weight is 230 g/mol. The van der Waals surface area contributed by atoms with E-state index in [2.05, 4.69) is 6.92 Å². The fourth-order valence-corrected chi connectivity index (χ4v) is 1.78. The standard InChI is InChI=1S/C12H26N2O2/c1-3-4-7-10-14(2)11(12(15)16)8-5-6-9-13/h11H,3-10,13H2,1-2H3,(H,15,16)/t11-/m0/s1. The number of hydrogen-bond donors (Lipinski definition) is 2. The summed E-state index contributed by atoms with van der Waals surface area (Å²) >= 11 is 0. The molecule has 0 aromatic heterocycles. The summed E-state index contributed by atoms with van der Waals surface area (Å²) in [4.78, 5) is 13.0. The molecule has 0 radical (unpaired) electrons. The van der Waals surface area contributed by atoms with Crippen LogP contribution in [0.5, 0.6) is 0 Å². The van der Waals surface area contributed by atoms with Crippen molar-refractivity contribution in [1.29, 1.82) is 0 Å². The van der Waals surface area contributed by atoms with E-state index in [-0.39, 0.29) is 6.04 Å². The van der Waals surface area contributed by atoms with Crippen molar-refractivity contribution in [2.24, 2.45) is 5.73 Å². The summed E-state index contributed by atoms with van der Waals surface area (Å²) in [6, 6.07) is -0.344. The summed E-state index contributed by atoms with van der Waals surface area (Å²) in [7, 11) is 1.90. The summed E-state index contributed by atoms with van der Waals surface area (Å²) in [5.74, 6) is -0.712. The Hall–Kier alpha value is -0.610. The molecule has 0 aromatic rings. The zero-order chi connectivity index (χ0) is 12.4. The Kier molecular flexibility index (Phi) is 9.24. The van der Waals surface area contributed by atoms with Crippen LogP contribution in [0.1, 0.15) is 45.4 Å². The van der Waals surface area contributed by atoms with E-state index in [1.807, 2.05) is 11.9 Å². The van der Waals surface area contributed by atoms with Crippen molar-refractivity contribution in [3.05, 3.63) is 0 Å². The lowest BCUT2D eigenvalue weighted by Crippen LogP contribution is -2.39. The minimum atomic E-state index is -0.712. The van der Waals surface area contributed by atoms with E-state index in [1.165, 1.54) is 12.8 Å². The molecule has 3 N–H and O–H groups in total. The number of aliphatic carboxylic acids is 1. The highest BCUT2D eigenvalue weighted by molar-refractivity contribution is 5.73. The monoisotopic (exact) mass is 230 g/mol. The van der Waals surface area contributed by atoms with Crippen LogP contribution in [0, 0.1) is 0 Å². The fourth-order valence-electron chi connectivity index (χ4n) is 1.78. The second-order valence-electron chi connectivity index (χ2n) is 4.33. The van der Waals surface area contributed by atoms with E-state index < -0.39 is 5.97 Å². The lowest BCUT2D eigenvalue weighted by atomic mass is 10.1. The van der Waals surface area contributed by atoms with Crippen molar-refractivity contribution >= 4 is 5.97 Å². The van der Waals surface area contributed by atoms with Gasteiger partial charge >= 0.3 is 5.97 Å². The first-order valence-corrected chi connectivity index (χ1v) is 6.26. The van der Waals surface area contributed by atoms with Crippen molar-refractivity contribution in [3.63, 3.8) is 0 Å². The highest BCUT2D eigenvalue weighted by Crippen LogP contribution is 2.09. The molecule has 0 bridgehead atoms. The molecule has 0 saturated heterocycles. The highest BCUT2D eigenvalue weighted by Gasteiger charge is 2.21. The molecule has 0 aliphatic carbocycles. The van der Waals surface area contributed by atoms with Crippen molar-refractivity contribution in [2.45, 2.75) is 51.5 Å². The van der Waals surface area contributed by atoms with E-state index in [0.717, 1.165) is 25.8 Å². The predicted molar refractivity (Wildman–Crippen MR) is 66.5 cm³/mol. The van der Waals surface area contributed by atoms with Gasteiger partial charge in [-0.3, -0.25) is 9.69 Å². The Labute approximate surface area is 98.8 Å². The van der Waals surface area contributed by atoms with E-state index in [0.29, 0.717) is 13.0 Å². The number of nitrogens with two attached hydrogens (primary N) is 1. The third-order valence-corrected chi connectivity index (χ3v) is 2.86.